The summed E-state index contributed by atoms with van der Waals surface area (Å²) in [6, 6.07) is 13.5. The Morgan fingerprint density at radius 2 is 2.00 bits per heavy atom. The van der Waals surface area contributed by atoms with Crippen LogP contribution in [0.25, 0.3) is 0 Å². The molecule has 2 atom stereocenters. The fourth-order valence-corrected chi connectivity index (χ4v) is 4.64. The topological polar surface area (TPSA) is 112 Å². The molecule has 35 heavy (non-hydrogen) atoms. The van der Waals surface area contributed by atoms with E-state index in [4.69, 9.17) is 4.74 Å². The lowest BCUT2D eigenvalue weighted by atomic mass is 10.2. The Kier molecular flexibility index (Phi) is 8.17. The second kappa shape index (κ2) is 11.5. The van der Waals surface area contributed by atoms with Crippen LogP contribution in [0, 0.1) is 6.92 Å². The van der Waals surface area contributed by atoms with Gasteiger partial charge in [-0.15, -0.1) is 0 Å². The number of hydrogen-bond donors (Lipinski definition) is 4. The van der Waals surface area contributed by atoms with E-state index >= 15 is 0 Å². The first-order chi connectivity index (χ1) is 17.0. The van der Waals surface area contributed by atoms with Crippen molar-refractivity contribution in [3.05, 3.63) is 54.2 Å². The van der Waals surface area contributed by atoms with Crippen LogP contribution in [0.1, 0.15) is 25.8 Å². The Hall–Kier alpha value is -3.21. The summed E-state index contributed by atoms with van der Waals surface area (Å²) in [5.41, 5.74) is 3.21. The van der Waals surface area contributed by atoms with Crippen molar-refractivity contribution in [1.29, 1.82) is 0 Å². The summed E-state index contributed by atoms with van der Waals surface area (Å²) in [6.07, 6.45) is 2.83. The molecule has 9 nitrogen and oxygen atoms in total. The first kappa shape index (κ1) is 24.9. The van der Waals surface area contributed by atoms with Gasteiger partial charge in [0.05, 0.1) is 22.9 Å². The zero-order chi connectivity index (χ0) is 24.8. The van der Waals surface area contributed by atoms with Crippen molar-refractivity contribution >= 4 is 39.9 Å². The largest absolute Gasteiger partial charge is 0.492 e. The van der Waals surface area contributed by atoms with E-state index in [1.54, 1.807) is 30.5 Å². The third-order valence-corrected chi connectivity index (χ3v) is 6.59. The van der Waals surface area contributed by atoms with E-state index < -0.39 is 11.1 Å². The number of likely N-dealkylation sites (N-methyl/N-ethyl adjacent to an activating group) is 1. The lowest BCUT2D eigenvalue weighted by Crippen LogP contribution is -2.32. The summed E-state index contributed by atoms with van der Waals surface area (Å²) in [6.45, 7) is 9.46. The number of hydrogen-bond acceptors (Lipinski definition) is 8. The molecule has 4 N–H and O–H groups in total. The third kappa shape index (κ3) is 6.08. The van der Waals surface area contributed by atoms with Crippen molar-refractivity contribution in [2.45, 2.75) is 38.1 Å². The number of nitrogens with one attached hydrogen (secondary N) is 3. The van der Waals surface area contributed by atoms with Crippen LogP contribution in [0.15, 0.2) is 53.6 Å². The zero-order valence-electron chi connectivity index (χ0n) is 20.2. The van der Waals surface area contributed by atoms with Crippen molar-refractivity contribution in [3.63, 3.8) is 0 Å². The van der Waals surface area contributed by atoms with Gasteiger partial charge in [0.15, 0.2) is 11.1 Å². The molecule has 2 unspecified atom stereocenters. The van der Waals surface area contributed by atoms with Crippen molar-refractivity contribution in [2.75, 3.05) is 41.8 Å². The van der Waals surface area contributed by atoms with Crippen molar-refractivity contribution < 1.29 is 13.5 Å². The summed E-state index contributed by atoms with van der Waals surface area (Å²) < 4.78 is 27.2. The highest BCUT2D eigenvalue weighted by Crippen LogP contribution is 2.33. The number of aromatic nitrogens is 2. The van der Waals surface area contributed by atoms with E-state index in [0.29, 0.717) is 30.1 Å². The smallest absolute Gasteiger partial charge is 0.229 e. The molecule has 1 aliphatic rings. The van der Waals surface area contributed by atoms with E-state index in [1.807, 2.05) is 19.9 Å². The summed E-state index contributed by atoms with van der Waals surface area (Å²) in [4.78, 5) is 11.7. The maximum absolute atomic E-state index is 11.7. The van der Waals surface area contributed by atoms with Gasteiger partial charge >= 0.3 is 0 Å². The molecule has 186 valence electrons. The van der Waals surface area contributed by atoms with Gasteiger partial charge in [0, 0.05) is 42.6 Å². The molecule has 3 aromatic rings. The van der Waals surface area contributed by atoms with Gasteiger partial charge in [-0.05, 0) is 51.1 Å². The molecule has 0 radical (unpaired) electrons. The molecule has 1 aliphatic heterocycles. The maximum atomic E-state index is 11.7. The Labute approximate surface area is 208 Å². The fraction of sp³-hybridized carbons (Fsp3) is 0.360. The fourth-order valence-electron chi connectivity index (χ4n) is 4.13. The molecule has 0 bridgehead atoms. The molecule has 4 rings (SSSR count). The Balaban J connectivity index is 1.55. The average Bonchev–Trinajstić information content (AvgIpc) is 3.31. The van der Waals surface area contributed by atoms with Crippen LogP contribution < -0.4 is 25.6 Å². The minimum Gasteiger partial charge on any atom is -0.492 e. The molecule has 0 saturated carbocycles. The molecule has 0 amide bonds. The normalized spacial score (nSPS) is 16.2. The highest BCUT2D eigenvalue weighted by molar-refractivity contribution is 7.79. The average molecular weight is 497 g/mol. The van der Waals surface area contributed by atoms with Crippen LogP contribution in [-0.4, -0.2) is 51.0 Å². The minimum absolute atomic E-state index is 0.285. The number of aryl methyl sites for hydroxylation is 1. The lowest BCUT2D eigenvalue weighted by molar-refractivity contribution is 0.342. The van der Waals surface area contributed by atoms with Gasteiger partial charge < -0.3 is 30.1 Å². The van der Waals surface area contributed by atoms with Crippen molar-refractivity contribution in [2.24, 2.45) is 0 Å². The van der Waals surface area contributed by atoms with Crippen LogP contribution in [0.5, 0.6) is 5.75 Å². The first-order valence-electron chi connectivity index (χ1n) is 11.8. The SMILES string of the molecule is CCNC1CCN(c2ccc(Nc3ncc(C)c(Nc4ccccc4S(=O)O)n3)c(OCC)c2)C1. The van der Waals surface area contributed by atoms with E-state index in [2.05, 4.69) is 49.9 Å². The van der Waals surface area contributed by atoms with Crippen LogP contribution in [0.4, 0.5) is 28.8 Å². The number of nitrogens with zero attached hydrogens (tertiary/aromatic N) is 3. The number of benzene rings is 2. The van der Waals surface area contributed by atoms with Gasteiger partial charge in [0.25, 0.3) is 0 Å². The van der Waals surface area contributed by atoms with E-state index in [9.17, 15) is 8.76 Å². The van der Waals surface area contributed by atoms with E-state index in [-0.39, 0.29) is 4.90 Å². The Bertz CT molecular complexity index is 1190. The first-order valence-corrected chi connectivity index (χ1v) is 12.9. The van der Waals surface area contributed by atoms with Crippen LogP contribution >= 0.6 is 0 Å². The Morgan fingerprint density at radius 1 is 1.17 bits per heavy atom. The van der Waals surface area contributed by atoms with E-state index in [1.165, 1.54) is 0 Å². The molecule has 2 aromatic carbocycles. The molecule has 1 aromatic heterocycles. The molecule has 10 heteroatoms. The summed E-state index contributed by atoms with van der Waals surface area (Å²) in [7, 11) is 0. The standard InChI is InChI=1S/C25H32N6O3S/c1-4-26-18-12-13-31(16-18)19-10-11-20(22(14-19)34-5-2)29-25-27-15-17(3)24(30-25)28-21-8-6-7-9-23(21)35(32)33/h6-11,14-15,18,26H,4-5,12-13,16H2,1-3H3,(H,32,33)(H2,27,28,29,30). The van der Waals surface area contributed by atoms with Crippen molar-refractivity contribution in [3.8, 4) is 5.75 Å². The maximum Gasteiger partial charge on any atom is 0.229 e. The third-order valence-electron chi connectivity index (χ3n) is 5.86. The van der Waals surface area contributed by atoms with Crippen LogP contribution in [-0.2, 0) is 11.1 Å². The predicted molar refractivity (Wildman–Crippen MR) is 141 cm³/mol. The Morgan fingerprint density at radius 3 is 2.77 bits per heavy atom. The zero-order valence-corrected chi connectivity index (χ0v) is 21.1. The van der Waals surface area contributed by atoms with E-state index in [0.717, 1.165) is 48.7 Å². The van der Waals surface area contributed by atoms with Gasteiger partial charge in [-0.1, -0.05) is 19.1 Å². The minimum atomic E-state index is -2.12. The second-order valence-corrected chi connectivity index (χ2v) is 9.26. The van der Waals surface area contributed by atoms with Gasteiger partial charge in [-0.25, -0.2) is 9.19 Å². The predicted octanol–water partition coefficient (Wildman–Crippen LogP) is 4.44. The molecule has 0 spiro atoms. The highest BCUT2D eigenvalue weighted by Gasteiger charge is 2.22. The lowest BCUT2D eigenvalue weighted by Gasteiger charge is -2.21. The number of anilines is 5. The van der Waals surface area contributed by atoms with Gasteiger partial charge in [0.2, 0.25) is 5.95 Å². The molecular weight excluding hydrogens is 464 g/mol. The molecule has 2 heterocycles. The molecule has 1 saturated heterocycles. The monoisotopic (exact) mass is 496 g/mol. The molecule has 0 aliphatic carbocycles. The summed E-state index contributed by atoms with van der Waals surface area (Å²) >= 11 is -2.12. The second-order valence-electron chi connectivity index (χ2n) is 8.32. The number of ether oxygens (including phenoxy) is 1. The van der Waals surface area contributed by atoms with Gasteiger partial charge in [-0.3, -0.25) is 0 Å². The quantitative estimate of drug-likeness (QED) is 0.303. The number of para-hydroxylation sites is 1. The van der Waals surface area contributed by atoms with Crippen molar-refractivity contribution in [1.82, 2.24) is 15.3 Å². The highest BCUT2D eigenvalue weighted by atomic mass is 32.2. The summed E-state index contributed by atoms with van der Waals surface area (Å²) in [5.74, 6) is 1.67. The van der Waals surface area contributed by atoms with Gasteiger partial charge in [0.1, 0.15) is 11.6 Å². The summed E-state index contributed by atoms with van der Waals surface area (Å²) in [5, 5.41) is 9.95. The van der Waals surface area contributed by atoms with Crippen LogP contribution in [0.2, 0.25) is 0 Å². The molecular formula is C25H32N6O3S. The van der Waals surface area contributed by atoms with Crippen LogP contribution in [0.3, 0.4) is 0 Å². The van der Waals surface area contributed by atoms with Gasteiger partial charge in [-0.2, -0.15) is 4.98 Å². The molecule has 1 fully saturated rings. The number of rotatable bonds is 10.